The Morgan fingerprint density at radius 2 is 1.88 bits per heavy atom. The van der Waals surface area contributed by atoms with Gasteiger partial charge in [0.15, 0.2) is 0 Å². The van der Waals surface area contributed by atoms with Crippen LogP contribution in [-0.2, 0) is 9.84 Å². The summed E-state index contributed by atoms with van der Waals surface area (Å²) in [5, 5.41) is 14.9. The molecule has 0 bridgehead atoms. The van der Waals surface area contributed by atoms with Crippen LogP contribution >= 0.6 is 0 Å². The number of hydrogen-bond donors (Lipinski definition) is 2. The number of nitrogens with one attached hydrogen (secondary N) is 1. The van der Waals surface area contributed by atoms with Crippen LogP contribution in [0.1, 0.15) is 49.9 Å². The van der Waals surface area contributed by atoms with Crippen molar-refractivity contribution in [3.63, 3.8) is 0 Å². The van der Waals surface area contributed by atoms with Crippen molar-refractivity contribution in [2.75, 3.05) is 35.3 Å². The molecule has 4 heterocycles. The average Bonchev–Trinajstić information content (AvgIpc) is 2.72. The second-order valence-corrected chi connectivity index (χ2v) is 12.1. The van der Waals surface area contributed by atoms with Crippen LogP contribution in [0.2, 0.25) is 0 Å². The van der Waals surface area contributed by atoms with Gasteiger partial charge in [-0.1, -0.05) is 13.8 Å². The first kappa shape index (κ1) is 22.9. The standard InChI is InChI=1S/C24H30N6O3S/c1-14(2)19-9-27-24(30-11-15(12-30)13-34(3,32)33)20-10-26-22(8-18(19)20)28-21-4-5-25-23(29-21)16-6-17(31)7-16/h4-5,8-10,14-17,31H,6-7,11-13H2,1-3H3,(H,25,26,28,29)/t16-,17+. The first-order valence-corrected chi connectivity index (χ1v) is 13.7. The van der Waals surface area contributed by atoms with Gasteiger partial charge in [-0.3, -0.25) is 0 Å². The van der Waals surface area contributed by atoms with Gasteiger partial charge in [0, 0.05) is 55.2 Å². The number of fused-ring (bicyclic) bond motifs is 1. The third kappa shape index (κ3) is 4.69. The number of pyridine rings is 2. The van der Waals surface area contributed by atoms with E-state index in [4.69, 9.17) is 4.98 Å². The highest BCUT2D eigenvalue weighted by Gasteiger charge is 2.32. The summed E-state index contributed by atoms with van der Waals surface area (Å²) in [4.78, 5) is 20.5. The van der Waals surface area contributed by atoms with Crippen LogP contribution in [0.5, 0.6) is 0 Å². The molecule has 0 unspecified atom stereocenters. The maximum atomic E-state index is 11.6. The molecule has 3 aromatic rings. The number of aromatic nitrogens is 4. The Balaban J connectivity index is 1.41. The number of rotatable bonds is 7. The van der Waals surface area contributed by atoms with Crippen LogP contribution in [0.15, 0.2) is 30.7 Å². The van der Waals surface area contributed by atoms with Crippen LogP contribution in [0, 0.1) is 5.92 Å². The molecule has 10 heteroatoms. The molecule has 3 aromatic heterocycles. The van der Waals surface area contributed by atoms with Gasteiger partial charge in [0.05, 0.1) is 11.9 Å². The van der Waals surface area contributed by atoms with Gasteiger partial charge in [-0.05, 0) is 41.8 Å². The van der Waals surface area contributed by atoms with Crippen LogP contribution in [0.4, 0.5) is 17.5 Å². The van der Waals surface area contributed by atoms with E-state index in [2.05, 4.69) is 39.0 Å². The Hall–Kier alpha value is -2.85. The highest BCUT2D eigenvalue weighted by molar-refractivity contribution is 7.90. The number of aliphatic hydroxyl groups is 1. The topological polar surface area (TPSA) is 121 Å². The molecule has 2 N–H and O–H groups in total. The lowest BCUT2D eigenvalue weighted by Crippen LogP contribution is -2.50. The van der Waals surface area contributed by atoms with Crippen molar-refractivity contribution in [1.29, 1.82) is 0 Å². The number of nitrogens with zero attached hydrogens (tertiary/aromatic N) is 5. The number of sulfone groups is 1. The molecule has 34 heavy (non-hydrogen) atoms. The maximum absolute atomic E-state index is 11.6. The zero-order valence-electron chi connectivity index (χ0n) is 19.6. The fourth-order valence-corrected chi connectivity index (χ4v) is 5.84. The fourth-order valence-electron chi connectivity index (χ4n) is 4.77. The lowest BCUT2D eigenvalue weighted by Gasteiger charge is -2.40. The van der Waals surface area contributed by atoms with Crippen molar-refractivity contribution in [2.45, 2.75) is 44.6 Å². The SMILES string of the molecule is CC(C)c1cnc(N2CC(CS(C)(=O)=O)C2)c2cnc(Nc3ccnc([C@H]4C[C@@H](O)C4)n3)cc12. The molecule has 0 aromatic carbocycles. The van der Waals surface area contributed by atoms with E-state index in [1.165, 1.54) is 6.26 Å². The summed E-state index contributed by atoms with van der Waals surface area (Å²) in [7, 11) is -2.99. The molecule has 0 radical (unpaired) electrons. The van der Waals surface area contributed by atoms with E-state index in [0.717, 1.165) is 28.0 Å². The predicted molar refractivity (Wildman–Crippen MR) is 132 cm³/mol. The first-order chi connectivity index (χ1) is 16.2. The van der Waals surface area contributed by atoms with E-state index in [9.17, 15) is 13.5 Å². The third-order valence-corrected chi connectivity index (χ3v) is 7.68. The summed E-state index contributed by atoms with van der Waals surface area (Å²) in [6, 6.07) is 3.84. The third-order valence-electron chi connectivity index (χ3n) is 6.61. The summed E-state index contributed by atoms with van der Waals surface area (Å²) in [5.41, 5.74) is 1.13. The molecule has 1 saturated heterocycles. The quantitative estimate of drug-likeness (QED) is 0.523. The van der Waals surface area contributed by atoms with Crippen LogP contribution in [0.3, 0.4) is 0 Å². The average molecular weight is 483 g/mol. The van der Waals surface area contributed by atoms with E-state index >= 15 is 0 Å². The minimum absolute atomic E-state index is 0.134. The number of aliphatic hydroxyl groups excluding tert-OH is 1. The van der Waals surface area contributed by atoms with Crippen molar-refractivity contribution in [3.05, 3.63) is 42.1 Å². The van der Waals surface area contributed by atoms with Crippen LogP contribution < -0.4 is 10.2 Å². The number of anilines is 3. The van der Waals surface area contributed by atoms with Gasteiger partial charge in [0.25, 0.3) is 0 Å². The zero-order valence-corrected chi connectivity index (χ0v) is 20.5. The first-order valence-electron chi connectivity index (χ1n) is 11.7. The van der Waals surface area contributed by atoms with Gasteiger partial charge in [-0.15, -0.1) is 0 Å². The molecule has 5 rings (SSSR count). The largest absolute Gasteiger partial charge is 0.393 e. The molecular formula is C24H30N6O3S. The Labute approximate surface area is 199 Å². The van der Waals surface area contributed by atoms with Gasteiger partial charge in [0.2, 0.25) is 0 Å². The lowest BCUT2D eigenvalue weighted by molar-refractivity contribution is 0.0717. The molecule has 180 valence electrons. The van der Waals surface area contributed by atoms with Gasteiger partial charge >= 0.3 is 0 Å². The summed E-state index contributed by atoms with van der Waals surface area (Å²) in [6.07, 6.45) is 7.92. The minimum atomic E-state index is -2.99. The van der Waals surface area contributed by atoms with E-state index in [1.54, 1.807) is 6.20 Å². The molecule has 2 fully saturated rings. The normalized spacial score (nSPS) is 20.9. The van der Waals surface area contributed by atoms with Crippen LogP contribution in [0.25, 0.3) is 10.8 Å². The van der Waals surface area contributed by atoms with Crippen molar-refractivity contribution < 1.29 is 13.5 Å². The molecule has 0 spiro atoms. The molecule has 1 aliphatic carbocycles. The Kier molecular flexibility index (Phi) is 5.89. The molecule has 9 nitrogen and oxygen atoms in total. The summed E-state index contributed by atoms with van der Waals surface area (Å²) < 4.78 is 23.2. The molecule has 1 saturated carbocycles. The van der Waals surface area contributed by atoms with Crippen molar-refractivity contribution in [1.82, 2.24) is 19.9 Å². The Morgan fingerprint density at radius 3 is 2.56 bits per heavy atom. The lowest BCUT2D eigenvalue weighted by atomic mass is 9.82. The number of hydrogen-bond acceptors (Lipinski definition) is 9. The van der Waals surface area contributed by atoms with Gasteiger partial charge < -0.3 is 15.3 Å². The summed E-state index contributed by atoms with van der Waals surface area (Å²) in [5.74, 6) is 3.76. The zero-order chi connectivity index (χ0) is 24.0. The monoisotopic (exact) mass is 482 g/mol. The Bertz CT molecular complexity index is 1320. The van der Waals surface area contributed by atoms with Gasteiger partial charge in [-0.2, -0.15) is 0 Å². The highest BCUT2D eigenvalue weighted by Crippen LogP contribution is 2.36. The van der Waals surface area contributed by atoms with E-state index in [1.807, 2.05) is 24.5 Å². The van der Waals surface area contributed by atoms with Crippen LogP contribution in [-0.4, -0.2) is 64.7 Å². The summed E-state index contributed by atoms with van der Waals surface area (Å²) >= 11 is 0. The molecule has 1 aliphatic heterocycles. The van der Waals surface area contributed by atoms with Gasteiger partial charge in [0.1, 0.15) is 33.1 Å². The van der Waals surface area contributed by atoms with E-state index in [-0.39, 0.29) is 29.6 Å². The van der Waals surface area contributed by atoms with Crippen molar-refractivity contribution >= 4 is 38.1 Å². The molecule has 0 atom stereocenters. The highest BCUT2D eigenvalue weighted by atomic mass is 32.2. The van der Waals surface area contributed by atoms with Crippen molar-refractivity contribution in [3.8, 4) is 0 Å². The van der Waals surface area contributed by atoms with E-state index < -0.39 is 9.84 Å². The maximum Gasteiger partial charge on any atom is 0.147 e. The molecule has 0 amide bonds. The van der Waals surface area contributed by atoms with E-state index in [0.29, 0.717) is 37.6 Å². The summed E-state index contributed by atoms with van der Waals surface area (Å²) in [6.45, 7) is 5.63. The van der Waals surface area contributed by atoms with Crippen molar-refractivity contribution in [2.24, 2.45) is 5.92 Å². The Morgan fingerprint density at radius 1 is 1.12 bits per heavy atom. The second kappa shape index (κ2) is 8.74. The fraction of sp³-hybridized carbons (Fsp3) is 0.500. The van der Waals surface area contributed by atoms with Gasteiger partial charge in [-0.25, -0.2) is 28.4 Å². The predicted octanol–water partition coefficient (Wildman–Crippen LogP) is 3.01. The smallest absolute Gasteiger partial charge is 0.147 e. The molecule has 2 aliphatic rings. The molecular weight excluding hydrogens is 452 g/mol. The minimum Gasteiger partial charge on any atom is -0.393 e. The second-order valence-electron chi connectivity index (χ2n) is 9.92.